The Morgan fingerprint density at radius 1 is 0.652 bits per heavy atom. The van der Waals surface area contributed by atoms with E-state index in [2.05, 4.69) is 183 Å². The number of para-hydroxylation sites is 2. The Balaban J connectivity index is 0.000000365. The second-order valence-corrected chi connectivity index (χ2v) is 35.5. The first-order chi connectivity index (χ1) is 31.4. The molecule has 0 spiro atoms. The number of hydrogen-bond donors (Lipinski definition) is 0. The van der Waals surface area contributed by atoms with Gasteiger partial charge in [-0.15, -0.1) is 48.0 Å². The van der Waals surface area contributed by atoms with Crippen molar-refractivity contribution in [3.63, 3.8) is 0 Å². The van der Waals surface area contributed by atoms with Crippen molar-refractivity contribution in [3.05, 3.63) is 187 Å². The number of hydrogen-bond acceptors (Lipinski definition) is 3. The molecule has 11 rings (SSSR count). The Bertz CT molecular complexity index is 3290. The van der Waals surface area contributed by atoms with Gasteiger partial charge in [0.2, 0.25) is 0 Å². The van der Waals surface area contributed by atoms with Crippen molar-refractivity contribution in [2.45, 2.75) is 69.0 Å². The maximum atomic E-state index is 6.81. The fraction of sp³-hybridized carbons (Fsp3) is 0.186. The van der Waals surface area contributed by atoms with E-state index in [1.54, 1.807) is 15.8 Å². The predicted octanol–water partition coefficient (Wildman–Crippen LogP) is 14.9. The quantitative estimate of drug-likeness (QED) is 0.118. The fourth-order valence-electron chi connectivity index (χ4n) is 10.4. The van der Waals surface area contributed by atoms with E-state index in [-0.39, 0.29) is 31.9 Å². The molecule has 0 unspecified atom stereocenters. The molecule has 3 aromatic heterocycles. The zero-order valence-corrected chi connectivity index (χ0v) is 44.5. The number of fused-ring (bicyclic) bond motifs is 5. The zero-order chi connectivity index (χ0) is 45.0. The molecule has 0 amide bonds. The predicted molar refractivity (Wildman–Crippen MR) is 279 cm³/mol. The number of benzene rings is 7. The van der Waals surface area contributed by atoms with Crippen molar-refractivity contribution in [1.29, 1.82) is 0 Å². The van der Waals surface area contributed by atoms with E-state index in [1.807, 2.05) is 48.5 Å². The van der Waals surface area contributed by atoms with Crippen molar-refractivity contribution in [3.8, 4) is 50.6 Å². The van der Waals surface area contributed by atoms with Gasteiger partial charge in [-0.2, -0.15) is 0 Å². The van der Waals surface area contributed by atoms with E-state index < -0.39 is 21.3 Å². The number of rotatable bonds is 7. The summed E-state index contributed by atoms with van der Waals surface area (Å²) in [6, 6.07) is 62.6. The first kappa shape index (κ1) is 45.5. The third-order valence-corrected chi connectivity index (χ3v) is 32.6. The average Bonchev–Trinajstić information content (AvgIpc) is 3.95. The van der Waals surface area contributed by atoms with Crippen molar-refractivity contribution in [2.24, 2.45) is 0 Å². The molecule has 0 bridgehead atoms. The molecule has 1 aliphatic rings. The van der Waals surface area contributed by atoms with Crippen LogP contribution in [0.3, 0.4) is 0 Å². The Labute approximate surface area is 406 Å². The Kier molecular flexibility index (Phi) is 12.6. The van der Waals surface area contributed by atoms with Gasteiger partial charge in [0.25, 0.3) is 0 Å². The van der Waals surface area contributed by atoms with Gasteiger partial charge >= 0.3 is 220 Å². The van der Waals surface area contributed by atoms with Crippen molar-refractivity contribution >= 4 is 63.9 Å². The Morgan fingerprint density at radius 2 is 1.35 bits per heavy atom. The van der Waals surface area contributed by atoms with E-state index in [0.29, 0.717) is 0 Å². The third kappa shape index (κ3) is 8.38. The minimum Gasteiger partial charge on any atom is -0.305 e. The smallest absolute Gasteiger partial charge is 0.0160 e. The molecular weight excluding hydrogens is 1060 g/mol. The van der Waals surface area contributed by atoms with Crippen LogP contribution in [0.4, 0.5) is 0 Å². The summed E-state index contributed by atoms with van der Waals surface area (Å²) < 4.78 is 11.0. The monoisotopic (exact) mass is 1120 g/mol. The number of nitrogens with zero attached hydrogens (tertiary/aromatic N) is 3. The van der Waals surface area contributed by atoms with E-state index in [0.717, 1.165) is 61.2 Å². The summed E-state index contributed by atoms with van der Waals surface area (Å²) in [6.07, 6.45) is 1.79. The summed E-state index contributed by atoms with van der Waals surface area (Å²) in [7, 11) is -1.46. The molecule has 4 heterocycles. The normalized spacial score (nSPS) is 13.8. The molecule has 7 aromatic carbocycles. The van der Waals surface area contributed by atoms with E-state index in [4.69, 9.17) is 9.40 Å². The second kappa shape index (κ2) is 18.2. The van der Waals surface area contributed by atoms with Gasteiger partial charge in [-0.05, 0) is 29.0 Å². The maximum Gasteiger partial charge on any atom is 0.0160 e. The zero-order valence-electron chi connectivity index (χ0n) is 39.0. The summed E-state index contributed by atoms with van der Waals surface area (Å²) in [6.45, 7) is 14.5. The second-order valence-electron chi connectivity index (χ2n) is 19.5. The van der Waals surface area contributed by atoms with E-state index in [9.17, 15) is 0 Å². The van der Waals surface area contributed by atoms with Crippen molar-refractivity contribution in [2.75, 3.05) is 0 Å². The number of furan rings is 1. The maximum absolute atomic E-state index is 6.81. The van der Waals surface area contributed by atoms with Gasteiger partial charge in [-0.3, -0.25) is 0 Å². The van der Waals surface area contributed by atoms with Crippen LogP contribution in [0.2, 0.25) is 29.5 Å². The summed E-state index contributed by atoms with van der Waals surface area (Å²) in [5.41, 5.74) is 15.5. The van der Waals surface area contributed by atoms with Crippen LogP contribution in [0.1, 0.15) is 50.7 Å². The molecule has 0 fully saturated rings. The Hall–Kier alpha value is -5.63. The fourth-order valence-corrected chi connectivity index (χ4v) is 37.3. The topological polar surface area (TPSA) is 43.9 Å². The van der Waals surface area contributed by atoms with Crippen LogP contribution in [0, 0.1) is 12.1 Å². The summed E-state index contributed by atoms with van der Waals surface area (Å²) in [5, 5.41) is 3.88. The largest absolute Gasteiger partial charge is 0.305 e. The molecule has 0 saturated carbocycles. The van der Waals surface area contributed by atoms with Crippen LogP contribution in [0.15, 0.2) is 168 Å². The number of imidazole rings is 1. The van der Waals surface area contributed by atoms with E-state index in [1.165, 1.54) is 38.4 Å². The molecule has 0 aliphatic carbocycles. The van der Waals surface area contributed by atoms with Crippen LogP contribution < -0.4 is 9.58 Å². The van der Waals surface area contributed by atoms with Crippen LogP contribution in [-0.4, -0.2) is 35.9 Å². The van der Waals surface area contributed by atoms with Crippen LogP contribution in [0.25, 0.3) is 83.6 Å². The molecule has 7 heteroatoms. The van der Waals surface area contributed by atoms with Gasteiger partial charge in [-0.25, -0.2) is 0 Å². The van der Waals surface area contributed by atoms with Crippen LogP contribution >= 0.6 is 0 Å². The van der Waals surface area contributed by atoms with Gasteiger partial charge in [0.15, 0.2) is 0 Å². The van der Waals surface area contributed by atoms with Gasteiger partial charge < -0.3 is 9.40 Å². The number of pyridine rings is 1. The first-order valence-electron chi connectivity index (χ1n) is 23.0. The van der Waals surface area contributed by atoms with Gasteiger partial charge in [0.1, 0.15) is 5.58 Å². The average molecular weight is 1120 g/mol. The molecule has 1 aliphatic heterocycles. The van der Waals surface area contributed by atoms with Crippen molar-refractivity contribution in [1.82, 2.24) is 14.5 Å². The molecule has 0 N–H and O–H groups in total. The van der Waals surface area contributed by atoms with Gasteiger partial charge in [0.05, 0.1) is 0 Å². The van der Waals surface area contributed by atoms with Crippen molar-refractivity contribution < 1.29 is 24.5 Å². The van der Waals surface area contributed by atoms with Gasteiger partial charge in [-0.1, -0.05) is 66.0 Å². The summed E-state index contributed by atoms with van der Waals surface area (Å²) in [4.78, 5) is 11.1. The molecule has 1 radical (unpaired) electrons. The van der Waals surface area contributed by atoms with Crippen LogP contribution in [0.5, 0.6) is 0 Å². The summed E-state index contributed by atoms with van der Waals surface area (Å²) in [5.74, 6) is 6.65. The molecule has 0 atom stereocenters. The molecule has 66 heavy (non-hydrogen) atoms. The minimum absolute atomic E-state index is 0. The standard InChI is InChI=1S/C48H47GeN2OSi.C11H8N.Ir/c1-30(2)39-25-35(34-22-24-41-45(28-34)53(7,8)29-49(41,5)6)26-40(31(3)4)46(39)51-43-20-13-12-19-42(43)50-48(51)38-18-14-17-37-36-23-21-33(27-44(36)52-47(37)38)32-15-10-9-11-16-32;1-2-6-10(7-3-1)11-8-4-5-9-12-11;/h9-17,19-28,30-31H,29H2,1-8H3;1-6,8-9H;/q2*-1;. The van der Waals surface area contributed by atoms with Crippen LogP contribution in [-0.2, 0) is 20.1 Å². The summed E-state index contributed by atoms with van der Waals surface area (Å²) >= 11 is -1.97. The Morgan fingerprint density at radius 3 is 2.06 bits per heavy atom. The molecule has 10 aromatic rings. The minimum atomic E-state index is -1.97. The number of aromatic nitrogens is 3. The van der Waals surface area contributed by atoms with E-state index >= 15 is 0 Å². The molecule has 331 valence electrons. The van der Waals surface area contributed by atoms with Gasteiger partial charge in [0, 0.05) is 31.7 Å². The molecular formula is C59H55GeIrN3OSi-2. The molecule has 0 saturated heterocycles. The SMILES string of the molecule is CC(C)c1cc(-c2cc[c]3c(c2)[Si](C)(C)[CH2][Ge]3([CH3])[CH3])cc(C(C)C)c1-n1c(-c2[c-]ccc3c2oc2cc(-c4ccccc4)ccc23)nc2ccccc21.[Ir].[c-]1ccccc1-c1ccccn1. The first-order valence-corrected chi connectivity index (χ1v) is 32.9. The third-order valence-electron chi connectivity index (χ3n) is 13.3. The molecule has 4 nitrogen and oxygen atoms in total.